The van der Waals surface area contributed by atoms with Gasteiger partial charge in [0.25, 0.3) is 15.9 Å². The lowest BCUT2D eigenvalue weighted by Gasteiger charge is -2.34. The molecule has 2 aliphatic heterocycles. The molecule has 45 heavy (non-hydrogen) atoms. The Labute approximate surface area is 261 Å². The van der Waals surface area contributed by atoms with E-state index in [0.717, 1.165) is 37.6 Å². The number of piperazine rings is 1. The van der Waals surface area contributed by atoms with Gasteiger partial charge in [0.15, 0.2) is 5.78 Å². The topological polar surface area (TPSA) is 135 Å². The predicted octanol–water partition coefficient (Wildman–Crippen LogP) is 4.75. The minimum absolute atomic E-state index is 0.0140. The molecule has 1 amide bonds. The van der Waals surface area contributed by atoms with Crippen LogP contribution in [0.2, 0.25) is 0 Å². The molecule has 1 fully saturated rings. The van der Waals surface area contributed by atoms with E-state index in [9.17, 15) is 23.3 Å². The molecule has 0 atom stereocenters. The molecule has 11 heteroatoms. The minimum atomic E-state index is -4.07. The summed E-state index contributed by atoms with van der Waals surface area (Å²) in [4.78, 5) is 30.7. The Hall–Kier alpha value is -5.44. The van der Waals surface area contributed by atoms with Crippen molar-refractivity contribution < 1.29 is 18.0 Å². The maximum absolute atomic E-state index is 13.4. The quantitative estimate of drug-likeness (QED) is 0.190. The van der Waals surface area contributed by atoms with Gasteiger partial charge in [0.2, 0.25) is 0 Å². The van der Waals surface area contributed by atoms with Crippen LogP contribution in [0.5, 0.6) is 0 Å². The van der Waals surface area contributed by atoms with Crippen molar-refractivity contribution in [2.75, 3.05) is 53.5 Å². The van der Waals surface area contributed by atoms with Crippen LogP contribution in [-0.2, 0) is 14.8 Å². The SMILES string of the molecule is CN1CCN(c2ccc(N/C=C3/C(=O)Nc4cc(C(=O)c5cccc(NS(=O)(=O)c6ccccc6C#N)c5)ccc43)cc2)CC1. The van der Waals surface area contributed by atoms with Gasteiger partial charge < -0.3 is 20.4 Å². The summed E-state index contributed by atoms with van der Waals surface area (Å²) in [6.45, 7) is 4.03. The first kappa shape index (κ1) is 29.6. The van der Waals surface area contributed by atoms with Gasteiger partial charge in [0.05, 0.1) is 11.1 Å². The third-order valence-electron chi connectivity index (χ3n) is 7.86. The van der Waals surface area contributed by atoms with E-state index in [-0.39, 0.29) is 33.4 Å². The van der Waals surface area contributed by atoms with E-state index < -0.39 is 10.0 Å². The van der Waals surface area contributed by atoms with Gasteiger partial charge in [-0.25, -0.2) is 8.42 Å². The number of ketones is 1. The van der Waals surface area contributed by atoms with Gasteiger partial charge >= 0.3 is 0 Å². The highest BCUT2D eigenvalue weighted by Crippen LogP contribution is 2.33. The zero-order valence-electron chi connectivity index (χ0n) is 24.4. The van der Waals surface area contributed by atoms with E-state index >= 15 is 0 Å². The molecule has 0 aromatic heterocycles. The average molecular weight is 619 g/mol. The van der Waals surface area contributed by atoms with Crippen LogP contribution in [0, 0.1) is 11.3 Å². The van der Waals surface area contributed by atoms with Gasteiger partial charge in [0.1, 0.15) is 11.0 Å². The Morgan fingerprint density at radius 2 is 1.62 bits per heavy atom. The first-order valence-corrected chi connectivity index (χ1v) is 15.8. The molecule has 0 radical (unpaired) electrons. The molecule has 10 nitrogen and oxygen atoms in total. The smallest absolute Gasteiger partial charge is 0.263 e. The summed E-state index contributed by atoms with van der Waals surface area (Å²) in [6, 6.07) is 26.9. The van der Waals surface area contributed by atoms with Crippen molar-refractivity contribution in [3.63, 3.8) is 0 Å². The summed E-state index contributed by atoms with van der Waals surface area (Å²) in [5.74, 6) is -0.633. The zero-order valence-corrected chi connectivity index (χ0v) is 25.3. The molecule has 6 rings (SSSR count). The molecule has 3 N–H and O–H groups in total. The Morgan fingerprint density at radius 3 is 2.38 bits per heavy atom. The number of carbonyl (C=O) groups excluding carboxylic acids is 2. The van der Waals surface area contributed by atoms with Crippen LogP contribution in [0.1, 0.15) is 27.0 Å². The average Bonchev–Trinajstić information content (AvgIpc) is 3.37. The van der Waals surface area contributed by atoms with Gasteiger partial charge in [-0.2, -0.15) is 5.26 Å². The summed E-state index contributed by atoms with van der Waals surface area (Å²) in [6.07, 6.45) is 1.66. The van der Waals surface area contributed by atoms with Crippen molar-refractivity contribution in [1.82, 2.24) is 4.90 Å². The highest BCUT2D eigenvalue weighted by molar-refractivity contribution is 7.92. The van der Waals surface area contributed by atoms with Gasteiger partial charge in [-0.3, -0.25) is 14.3 Å². The molecular weight excluding hydrogens is 588 g/mol. The fourth-order valence-corrected chi connectivity index (χ4v) is 6.57. The normalized spacial score (nSPS) is 15.7. The van der Waals surface area contributed by atoms with Crippen LogP contribution in [0.15, 0.2) is 102 Å². The van der Waals surface area contributed by atoms with E-state index in [1.165, 1.54) is 30.3 Å². The molecule has 2 heterocycles. The van der Waals surface area contributed by atoms with Crippen molar-refractivity contribution in [3.05, 3.63) is 119 Å². The number of anilines is 4. The third kappa shape index (κ3) is 6.28. The van der Waals surface area contributed by atoms with Gasteiger partial charge in [-0.15, -0.1) is 0 Å². The van der Waals surface area contributed by atoms with Crippen LogP contribution < -0.4 is 20.3 Å². The van der Waals surface area contributed by atoms with Crippen LogP contribution in [0.4, 0.5) is 22.7 Å². The molecule has 4 aromatic rings. The Balaban J connectivity index is 1.16. The fourth-order valence-electron chi connectivity index (χ4n) is 5.36. The first-order valence-electron chi connectivity index (χ1n) is 14.3. The highest BCUT2D eigenvalue weighted by atomic mass is 32.2. The predicted molar refractivity (Wildman–Crippen MR) is 175 cm³/mol. The lowest BCUT2D eigenvalue weighted by Crippen LogP contribution is -2.44. The van der Waals surface area contributed by atoms with Crippen molar-refractivity contribution in [2.45, 2.75) is 4.90 Å². The van der Waals surface area contributed by atoms with Crippen molar-refractivity contribution >= 4 is 50.0 Å². The molecule has 0 unspecified atom stereocenters. The first-order chi connectivity index (χ1) is 21.7. The lowest BCUT2D eigenvalue weighted by atomic mass is 9.99. The monoisotopic (exact) mass is 618 g/mol. The van der Waals surface area contributed by atoms with Crippen LogP contribution >= 0.6 is 0 Å². The van der Waals surface area contributed by atoms with E-state index in [1.807, 2.05) is 18.2 Å². The van der Waals surface area contributed by atoms with E-state index in [1.54, 1.807) is 42.6 Å². The number of fused-ring (bicyclic) bond motifs is 1. The number of hydrogen-bond donors (Lipinski definition) is 3. The maximum atomic E-state index is 13.4. The second-order valence-corrected chi connectivity index (χ2v) is 12.5. The number of nitrogens with zero attached hydrogens (tertiary/aromatic N) is 3. The fraction of sp³-hybridized carbons (Fsp3) is 0.147. The number of hydrogen-bond acceptors (Lipinski definition) is 8. The number of nitriles is 1. The largest absolute Gasteiger partial charge is 0.369 e. The molecule has 4 aromatic carbocycles. The van der Waals surface area contributed by atoms with Crippen molar-refractivity contribution in [2.24, 2.45) is 0 Å². The summed E-state index contributed by atoms with van der Waals surface area (Å²) in [7, 11) is -1.94. The summed E-state index contributed by atoms with van der Waals surface area (Å²) in [5.41, 5.74) is 4.40. The molecule has 0 bridgehead atoms. The van der Waals surface area contributed by atoms with Crippen LogP contribution in [0.25, 0.3) is 5.57 Å². The third-order valence-corrected chi connectivity index (χ3v) is 9.30. The maximum Gasteiger partial charge on any atom is 0.263 e. The van der Waals surface area contributed by atoms with Gasteiger partial charge in [-0.05, 0) is 61.6 Å². The van der Waals surface area contributed by atoms with Crippen molar-refractivity contribution in [3.8, 4) is 6.07 Å². The molecule has 1 saturated heterocycles. The number of sulfonamides is 1. The molecular formula is C34H30N6O4S. The number of nitrogens with one attached hydrogen (secondary N) is 3. The van der Waals surface area contributed by atoms with E-state index in [0.29, 0.717) is 22.4 Å². The number of likely N-dealkylation sites (N-methyl/N-ethyl adjacent to an activating group) is 1. The summed E-state index contributed by atoms with van der Waals surface area (Å²) in [5, 5.41) is 15.3. The lowest BCUT2D eigenvalue weighted by molar-refractivity contribution is -0.110. The molecule has 0 spiro atoms. The van der Waals surface area contributed by atoms with E-state index in [2.05, 4.69) is 44.3 Å². The van der Waals surface area contributed by atoms with Crippen LogP contribution in [-0.4, -0.2) is 58.2 Å². The molecule has 0 saturated carbocycles. The van der Waals surface area contributed by atoms with Crippen LogP contribution in [0.3, 0.4) is 0 Å². The number of benzene rings is 4. The minimum Gasteiger partial charge on any atom is -0.369 e. The second-order valence-electron chi connectivity index (χ2n) is 10.9. The Kier molecular flexibility index (Phi) is 8.08. The zero-order chi connectivity index (χ0) is 31.6. The standard InChI is InChI=1S/C34H30N6O4S/c1-39-15-17-40(18-16-39)28-12-10-26(11-13-28)36-22-30-29-14-9-24(20-31(29)37-34(30)42)33(41)23-6-4-7-27(19-23)38-45(43,44)32-8-3-2-5-25(32)21-35/h2-14,19-20,22,36,38H,15-18H2,1H3,(H,37,42)/b30-22+. The Morgan fingerprint density at radius 1 is 0.889 bits per heavy atom. The molecule has 0 aliphatic carbocycles. The van der Waals surface area contributed by atoms with E-state index in [4.69, 9.17) is 0 Å². The summed E-state index contributed by atoms with van der Waals surface area (Å²) < 4.78 is 28.4. The number of rotatable bonds is 8. The van der Waals surface area contributed by atoms with Gasteiger partial charge in [0, 0.05) is 71.8 Å². The number of amides is 1. The number of carbonyl (C=O) groups is 2. The molecule has 2 aliphatic rings. The summed E-state index contributed by atoms with van der Waals surface area (Å²) >= 11 is 0. The van der Waals surface area contributed by atoms with Gasteiger partial charge in [-0.1, -0.05) is 36.4 Å². The highest BCUT2D eigenvalue weighted by Gasteiger charge is 2.26. The van der Waals surface area contributed by atoms with Crippen molar-refractivity contribution in [1.29, 1.82) is 5.26 Å². The molecule has 226 valence electrons. The second kappa shape index (κ2) is 12.3. The Bertz CT molecular complexity index is 1970.